The number of anilines is 2. The predicted molar refractivity (Wildman–Crippen MR) is 83.0 cm³/mol. The average Bonchev–Trinajstić information content (AvgIpc) is 2.95. The molecule has 1 aliphatic rings. The maximum Gasteiger partial charge on any atom is 0.315 e. The largest absolute Gasteiger partial charge is 0.464 e. The Morgan fingerprint density at radius 3 is 2.90 bits per heavy atom. The minimum absolute atomic E-state index is 0.0604. The van der Waals surface area contributed by atoms with Gasteiger partial charge in [0.25, 0.3) is 5.69 Å². The van der Waals surface area contributed by atoms with Crippen LogP contribution in [0.25, 0.3) is 0 Å². The molecule has 1 aromatic carbocycles. The van der Waals surface area contributed by atoms with E-state index in [2.05, 4.69) is 16.3 Å². The van der Waals surface area contributed by atoms with Crippen molar-refractivity contribution in [2.45, 2.75) is 6.54 Å². The lowest BCUT2D eigenvalue weighted by Gasteiger charge is -2.08. The number of nitrogens with zero attached hydrogens (tertiary/aromatic N) is 1. The second kappa shape index (κ2) is 7.38. The number of hydrogen-bond donors (Lipinski definition) is 3. The van der Waals surface area contributed by atoms with Crippen molar-refractivity contribution in [3.63, 3.8) is 0 Å². The van der Waals surface area contributed by atoms with E-state index in [1.165, 1.54) is 6.07 Å². The summed E-state index contributed by atoms with van der Waals surface area (Å²) in [5.41, 5.74) is 6.63. The number of rotatable bonds is 7. The van der Waals surface area contributed by atoms with Crippen LogP contribution in [-0.4, -0.2) is 28.5 Å². The zero-order valence-electron chi connectivity index (χ0n) is 10.8. The smallest absolute Gasteiger partial charge is 0.315 e. The van der Waals surface area contributed by atoms with Crippen molar-refractivity contribution in [1.82, 2.24) is 5.32 Å². The number of carbonyl (C=O) groups excluding carboxylic acids is 1. The molecule has 9 nitrogen and oxygen atoms in total. The molecule has 114 valence electrons. The summed E-state index contributed by atoms with van der Waals surface area (Å²) >= 11 is 1.93. The molecule has 1 aromatic rings. The number of nitro groups is 1. The molecule has 0 bridgehead atoms. The molecule has 1 heterocycles. The Bertz CT molecular complexity index is 554. The Labute approximate surface area is 133 Å². The number of carbonyl (C=O) groups is 1. The van der Waals surface area contributed by atoms with Crippen LogP contribution < -0.4 is 16.3 Å². The van der Waals surface area contributed by atoms with Gasteiger partial charge in [-0.25, -0.2) is 11.0 Å². The average molecular weight is 408 g/mol. The second-order valence-corrected chi connectivity index (χ2v) is 4.85. The van der Waals surface area contributed by atoms with Gasteiger partial charge in [0.05, 0.1) is 15.0 Å². The molecule has 0 aromatic heterocycles. The van der Waals surface area contributed by atoms with E-state index >= 15 is 0 Å². The molecule has 0 fully saturated rings. The number of ether oxygens (including phenoxy) is 1. The van der Waals surface area contributed by atoms with Gasteiger partial charge in [0.15, 0.2) is 5.69 Å². The normalized spacial score (nSPS) is 12.2. The van der Waals surface area contributed by atoms with Gasteiger partial charge in [-0.05, 0) is 11.6 Å². The van der Waals surface area contributed by atoms with Crippen molar-refractivity contribution in [2.24, 2.45) is 0 Å². The molecule has 21 heavy (non-hydrogen) atoms. The number of esters is 1. The lowest BCUT2D eigenvalue weighted by Crippen LogP contribution is -2.21. The van der Waals surface area contributed by atoms with E-state index in [-0.39, 0.29) is 18.3 Å². The summed E-state index contributed by atoms with van der Waals surface area (Å²) in [5.74, 6) is -0.257. The van der Waals surface area contributed by atoms with Gasteiger partial charge in [0.2, 0.25) is 0 Å². The number of fused-ring (bicyclic) bond motifs is 1. The summed E-state index contributed by atoms with van der Waals surface area (Å²) < 4.78 is 5.24. The number of nitrogens with one attached hydrogen (secondary N) is 3. The number of benzene rings is 1. The second-order valence-electron chi connectivity index (χ2n) is 4.09. The molecule has 0 saturated carbocycles. The van der Waals surface area contributed by atoms with Crippen LogP contribution in [0.3, 0.4) is 0 Å². The molecule has 1 aliphatic heterocycles. The lowest BCUT2D eigenvalue weighted by atomic mass is 10.1. The van der Waals surface area contributed by atoms with E-state index in [1.807, 2.05) is 22.6 Å². The van der Waals surface area contributed by atoms with Gasteiger partial charge >= 0.3 is 5.97 Å². The van der Waals surface area contributed by atoms with Gasteiger partial charge in [0, 0.05) is 19.2 Å². The number of hydrogen-bond acceptors (Lipinski definition) is 8. The Morgan fingerprint density at radius 2 is 2.19 bits per heavy atom. The number of halogens is 1. The predicted octanol–water partition coefficient (Wildman–Crippen LogP) is 1.35. The molecule has 0 aliphatic carbocycles. The van der Waals surface area contributed by atoms with Crippen molar-refractivity contribution >= 4 is 45.6 Å². The standard InChI is InChI=1S/C11H13IN4O5/c12-5-9(17)20-4-3-13-6-7-1-2-8(16(18)19)11-10(7)14-21-15-11/h1-2,13-15H,3-6H2. The third-order valence-electron chi connectivity index (χ3n) is 2.74. The topological polar surface area (TPSA) is 115 Å². The Balaban J connectivity index is 1.91. The fourth-order valence-electron chi connectivity index (χ4n) is 1.78. The molecule has 0 radical (unpaired) electrons. The Hall–Kier alpha value is -1.66. The van der Waals surface area contributed by atoms with Gasteiger partial charge in [-0.15, -0.1) is 0 Å². The van der Waals surface area contributed by atoms with Crippen LogP contribution in [0.1, 0.15) is 5.56 Å². The molecule has 0 saturated heterocycles. The van der Waals surface area contributed by atoms with Gasteiger partial charge < -0.3 is 10.1 Å². The maximum absolute atomic E-state index is 10.9. The minimum Gasteiger partial charge on any atom is -0.464 e. The summed E-state index contributed by atoms with van der Waals surface area (Å²) in [6.45, 7) is 1.22. The zero-order valence-corrected chi connectivity index (χ0v) is 13.0. The first-order chi connectivity index (χ1) is 10.1. The van der Waals surface area contributed by atoms with Crippen molar-refractivity contribution < 1.29 is 19.4 Å². The highest BCUT2D eigenvalue weighted by molar-refractivity contribution is 14.1. The van der Waals surface area contributed by atoms with Gasteiger partial charge in [-0.1, -0.05) is 22.6 Å². The van der Waals surface area contributed by atoms with Crippen LogP contribution in [-0.2, 0) is 21.0 Å². The van der Waals surface area contributed by atoms with E-state index in [0.717, 1.165) is 5.56 Å². The van der Waals surface area contributed by atoms with Crippen molar-refractivity contribution in [1.29, 1.82) is 0 Å². The van der Waals surface area contributed by atoms with E-state index < -0.39 is 4.92 Å². The summed E-state index contributed by atoms with van der Waals surface area (Å²) in [7, 11) is 0. The van der Waals surface area contributed by atoms with E-state index in [4.69, 9.17) is 9.68 Å². The summed E-state index contributed by atoms with van der Waals surface area (Å²) in [6, 6.07) is 3.06. The number of alkyl halides is 1. The van der Waals surface area contributed by atoms with Crippen molar-refractivity contribution in [3.05, 3.63) is 27.8 Å². The van der Waals surface area contributed by atoms with E-state index in [1.54, 1.807) is 6.07 Å². The van der Waals surface area contributed by atoms with E-state index in [9.17, 15) is 14.9 Å². The van der Waals surface area contributed by atoms with Crippen LogP contribution in [0.4, 0.5) is 17.1 Å². The summed E-state index contributed by atoms with van der Waals surface area (Å²) in [6.07, 6.45) is 0. The van der Waals surface area contributed by atoms with Crippen LogP contribution in [0, 0.1) is 10.1 Å². The van der Waals surface area contributed by atoms with Crippen LogP contribution >= 0.6 is 22.6 Å². The fourth-order valence-corrected chi connectivity index (χ4v) is 2.00. The monoisotopic (exact) mass is 408 g/mol. The molecule has 10 heteroatoms. The van der Waals surface area contributed by atoms with Crippen LogP contribution in [0.5, 0.6) is 0 Å². The number of nitro benzene ring substituents is 1. The highest BCUT2D eigenvalue weighted by Gasteiger charge is 2.25. The van der Waals surface area contributed by atoms with Gasteiger partial charge in [0.1, 0.15) is 6.61 Å². The third-order valence-corrected chi connectivity index (χ3v) is 3.36. The molecule has 0 spiro atoms. The zero-order chi connectivity index (χ0) is 15.2. The highest BCUT2D eigenvalue weighted by Crippen LogP contribution is 2.38. The molecule has 0 amide bonds. The quantitative estimate of drug-likeness (QED) is 0.155. The molecular weight excluding hydrogens is 395 g/mol. The van der Waals surface area contributed by atoms with Gasteiger partial charge in [-0.2, -0.15) is 4.94 Å². The van der Waals surface area contributed by atoms with Crippen molar-refractivity contribution in [2.75, 3.05) is 28.5 Å². The molecule has 0 unspecified atom stereocenters. The van der Waals surface area contributed by atoms with Crippen LogP contribution in [0.2, 0.25) is 0 Å². The van der Waals surface area contributed by atoms with Crippen molar-refractivity contribution in [3.8, 4) is 0 Å². The lowest BCUT2D eigenvalue weighted by molar-refractivity contribution is -0.384. The summed E-state index contributed by atoms with van der Waals surface area (Å²) in [5, 5.41) is 14.0. The van der Waals surface area contributed by atoms with Gasteiger partial charge in [-0.3, -0.25) is 14.9 Å². The Morgan fingerprint density at radius 1 is 1.43 bits per heavy atom. The first-order valence-corrected chi connectivity index (χ1v) is 7.56. The van der Waals surface area contributed by atoms with E-state index in [0.29, 0.717) is 28.9 Å². The maximum atomic E-state index is 10.9. The first-order valence-electron chi connectivity index (χ1n) is 6.04. The molecule has 2 rings (SSSR count). The van der Waals surface area contributed by atoms with Crippen LogP contribution in [0.15, 0.2) is 12.1 Å². The first kappa shape index (κ1) is 15.7. The SMILES string of the molecule is O=C(CI)OCCNCc1ccc([N+](=O)[O-])c2c1NON2. The highest BCUT2D eigenvalue weighted by atomic mass is 127. The summed E-state index contributed by atoms with van der Waals surface area (Å²) in [4.78, 5) is 26.2. The minimum atomic E-state index is -0.483. The molecule has 3 N–H and O–H groups in total. The third kappa shape index (κ3) is 3.92. The fraction of sp³-hybridized carbons (Fsp3) is 0.364. The molecular formula is C11H13IN4O5. The molecule has 0 atom stereocenters. The Kier molecular flexibility index (Phi) is 5.52.